The second kappa shape index (κ2) is 3.69. The first kappa shape index (κ1) is 11.8. The third-order valence-electron chi connectivity index (χ3n) is 1.97. The maximum atomic E-state index is 11.4. The van der Waals surface area contributed by atoms with Crippen LogP contribution in [0.25, 0.3) is 0 Å². The zero-order chi connectivity index (χ0) is 11.8. The molecule has 0 unspecified atom stereocenters. The zero-order valence-corrected chi connectivity index (χ0v) is 8.93. The van der Waals surface area contributed by atoms with Crippen LogP contribution >= 0.6 is 0 Å². The number of nitrogens with zero attached hydrogens (tertiary/aromatic N) is 1. The number of β-amino-alcohol motifs (C(OH)–C–C–N with tert-alkyl or cyclic N) is 1. The molecule has 0 aliphatic carbocycles. The Labute approximate surface area is 87.4 Å². The molecule has 6 heteroatoms. The molecule has 0 spiro atoms. The highest BCUT2D eigenvalue weighted by molar-refractivity contribution is 5.83. The Morgan fingerprint density at radius 3 is 2.27 bits per heavy atom. The van der Waals surface area contributed by atoms with Gasteiger partial charge in [0.05, 0.1) is 6.54 Å². The second-order valence-corrected chi connectivity index (χ2v) is 4.48. The van der Waals surface area contributed by atoms with Gasteiger partial charge in [-0.3, -0.25) is 4.90 Å². The number of carbonyl (C=O) groups excluding carboxylic acids is 1. The van der Waals surface area contributed by atoms with Crippen LogP contribution in [-0.2, 0) is 9.53 Å². The van der Waals surface area contributed by atoms with Crippen molar-refractivity contribution in [1.29, 1.82) is 0 Å². The summed E-state index contributed by atoms with van der Waals surface area (Å²) in [5.41, 5.74) is -0.666. The molecular weight excluding hydrogens is 202 g/mol. The van der Waals surface area contributed by atoms with Crippen molar-refractivity contribution in [2.75, 3.05) is 6.54 Å². The molecule has 0 aromatic heterocycles. The van der Waals surface area contributed by atoms with Crippen molar-refractivity contribution < 1.29 is 24.5 Å². The van der Waals surface area contributed by atoms with E-state index in [1.165, 1.54) is 0 Å². The third kappa shape index (κ3) is 2.59. The number of aliphatic carboxylic acids is 1. The number of aliphatic hydroxyl groups excluding tert-OH is 1. The Kier molecular flexibility index (Phi) is 2.90. The topological polar surface area (TPSA) is 87.1 Å². The van der Waals surface area contributed by atoms with Crippen LogP contribution in [0.4, 0.5) is 4.79 Å². The van der Waals surface area contributed by atoms with Gasteiger partial charge in [-0.05, 0) is 20.8 Å². The minimum atomic E-state index is -1.22. The molecule has 1 saturated heterocycles. The van der Waals surface area contributed by atoms with E-state index < -0.39 is 29.8 Å². The fourth-order valence-electron chi connectivity index (χ4n) is 1.29. The quantitative estimate of drug-likeness (QED) is 0.648. The van der Waals surface area contributed by atoms with Gasteiger partial charge in [-0.15, -0.1) is 0 Å². The maximum absolute atomic E-state index is 11.4. The second-order valence-electron chi connectivity index (χ2n) is 4.48. The summed E-state index contributed by atoms with van der Waals surface area (Å²) in [6.45, 7) is 5.08. The minimum Gasteiger partial charge on any atom is -0.480 e. The van der Waals surface area contributed by atoms with Crippen molar-refractivity contribution in [2.45, 2.75) is 38.5 Å². The molecule has 0 radical (unpaired) electrons. The number of carboxylic acids is 1. The summed E-state index contributed by atoms with van der Waals surface area (Å²) in [6.07, 6.45) is -1.71. The molecular formula is C9H15NO5. The highest BCUT2D eigenvalue weighted by Crippen LogP contribution is 2.21. The molecule has 1 heterocycles. The molecule has 1 aliphatic heterocycles. The van der Waals surface area contributed by atoms with Crippen molar-refractivity contribution in [3.63, 3.8) is 0 Å². The van der Waals surface area contributed by atoms with E-state index >= 15 is 0 Å². The van der Waals surface area contributed by atoms with Crippen LogP contribution in [0.3, 0.4) is 0 Å². The first-order valence-electron chi connectivity index (χ1n) is 4.63. The number of rotatable bonds is 1. The lowest BCUT2D eigenvalue weighted by Crippen LogP contribution is -2.66. The summed E-state index contributed by atoms with van der Waals surface area (Å²) >= 11 is 0. The van der Waals surface area contributed by atoms with E-state index in [9.17, 15) is 9.59 Å². The summed E-state index contributed by atoms with van der Waals surface area (Å²) in [5, 5.41) is 17.9. The molecule has 1 fully saturated rings. The van der Waals surface area contributed by atoms with Gasteiger partial charge in [0.15, 0.2) is 6.04 Å². The molecule has 0 saturated carbocycles. The van der Waals surface area contributed by atoms with Crippen molar-refractivity contribution >= 4 is 12.1 Å². The van der Waals surface area contributed by atoms with Gasteiger partial charge >= 0.3 is 12.1 Å². The fourth-order valence-corrected chi connectivity index (χ4v) is 1.29. The summed E-state index contributed by atoms with van der Waals surface area (Å²) in [4.78, 5) is 23.1. The Hall–Kier alpha value is -1.30. The van der Waals surface area contributed by atoms with E-state index in [4.69, 9.17) is 14.9 Å². The van der Waals surface area contributed by atoms with E-state index in [2.05, 4.69) is 0 Å². The van der Waals surface area contributed by atoms with Gasteiger partial charge in [0.25, 0.3) is 0 Å². The fraction of sp³-hybridized carbons (Fsp3) is 0.778. The molecule has 1 amide bonds. The summed E-state index contributed by atoms with van der Waals surface area (Å²) < 4.78 is 4.98. The molecule has 1 rings (SSSR count). The van der Waals surface area contributed by atoms with Crippen LogP contribution in [0.1, 0.15) is 20.8 Å². The summed E-state index contributed by atoms with van der Waals surface area (Å²) in [7, 11) is 0. The van der Waals surface area contributed by atoms with E-state index in [-0.39, 0.29) is 6.54 Å². The lowest BCUT2D eigenvalue weighted by Gasteiger charge is -2.42. The predicted molar refractivity (Wildman–Crippen MR) is 50.4 cm³/mol. The normalized spacial score (nSPS) is 25.7. The largest absolute Gasteiger partial charge is 0.480 e. The Balaban J connectivity index is 2.59. The van der Waals surface area contributed by atoms with Crippen molar-refractivity contribution in [2.24, 2.45) is 0 Å². The van der Waals surface area contributed by atoms with Gasteiger partial charge in [0, 0.05) is 0 Å². The molecule has 6 nitrogen and oxygen atoms in total. The van der Waals surface area contributed by atoms with Gasteiger partial charge in [-0.2, -0.15) is 0 Å². The number of carboxylic acid groups (broad SMARTS) is 1. The molecule has 0 aromatic rings. The van der Waals surface area contributed by atoms with E-state index in [0.717, 1.165) is 4.90 Å². The van der Waals surface area contributed by atoms with Crippen LogP contribution in [0.2, 0.25) is 0 Å². The predicted octanol–water partition coefficient (Wildman–Crippen LogP) is 0.0512. The summed E-state index contributed by atoms with van der Waals surface area (Å²) in [5.74, 6) is -1.22. The molecule has 15 heavy (non-hydrogen) atoms. The summed E-state index contributed by atoms with van der Waals surface area (Å²) in [6, 6.07) is -1.18. The molecule has 1 aliphatic rings. The standard InChI is InChI=1S/C9H15NO5/c1-9(2,3)15-8(14)10-4-5(11)6(10)7(12)13/h5-6,11H,4H2,1-3H3,(H,12,13)/t5-,6+/m1/s1. The number of likely N-dealkylation sites (tertiary alicyclic amines) is 1. The molecule has 0 aromatic carbocycles. The number of hydrogen-bond donors (Lipinski definition) is 2. The van der Waals surface area contributed by atoms with Gasteiger partial charge in [0.2, 0.25) is 0 Å². The van der Waals surface area contributed by atoms with Gasteiger partial charge in [-0.1, -0.05) is 0 Å². The van der Waals surface area contributed by atoms with E-state index in [1.807, 2.05) is 0 Å². The van der Waals surface area contributed by atoms with Crippen LogP contribution < -0.4 is 0 Å². The zero-order valence-electron chi connectivity index (χ0n) is 8.93. The third-order valence-corrected chi connectivity index (χ3v) is 1.97. The number of hydrogen-bond acceptors (Lipinski definition) is 4. The number of carbonyl (C=O) groups is 2. The number of amides is 1. The lowest BCUT2D eigenvalue weighted by atomic mass is 10.0. The van der Waals surface area contributed by atoms with Crippen molar-refractivity contribution in [1.82, 2.24) is 4.90 Å². The monoisotopic (exact) mass is 217 g/mol. The smallest absolute Gasteiger partial charge is 0.411 e. The number of aliphatic hydroxyl groups is 1. The Morgan fingerprint density at radius 1 is 1.40 bits per heavy atom. The highest BCUT2D eigenvalue weighted by Gasteiger charge is 2.47. The lowest BCUT2D eigenvalue weighted by molar-refractivity contribution is -0.158. The molecule has 2 atom stereocenters. The van der Waals surface area contributed by atoms with Crippen LogP contribution in [0.5, 0.6) is 0 Å². The molecule has 86 valence electrons. The SMILES string of the molecule is CC(C)(C)OC(=O)N1C[C@@H](O)[C@H]1C(=O)O. The van der Waals surface area contributed by atoms with Crippen LogP contribution in [0, 0.1) is 0 Å². The molecule has 0 bridgehead atoms. The van der Waals surface area contributed by atoms with Crippen LogP contribution in [0.15, 0.2) is 0 Å². The highest BCUT2D eigenvalue weighted by atomic mass is 16.6. The molecule has 2 N–H and O–H groups in total. The first-order chi connectivity index (χ1) is 6.72. The van der Waals surface area contributed by atoms with Crippen molar-refractivity contribution in [3.8, 4) is 0 Å². The average Bonchev–Trinajstić information content (AvgIpc) is 1.94. The van der Waals surface area contributed by atoms with Gasteiger partial charge in [-0.25, -0.2) is 9.59 Å². The average molecular weight is 217 g/mol. The number of ether oxygens (including phenoxy) is 1. The van der Waals surface area contributed by atoms with E-state index in [1.54, 1.807) is 20.8 Å². The van der Waals surface area contributed by atoms with Gasteiger partial charge < -0.3 is 14.9 Å². The Bertz CT molecular complexity index is 283. The first-order valence-corrected chi connectivity index (χ1v) is 4.63. The van der Waals surface area contributed by atoms with Crippen LogP contribution in [-0.4, -0.2) is 51.5 Å². The Morgan fingerprint density at radius 2 is 1.93 bits per heavy atom. The van der Waals surface area contributed by atoms with Gasteiger partial charge in [0.1, 0.15) is 11.7 Å². The van der Waals surface area contributed by atoms with Crippen molar-refractivity contribution in [3.05, 3.63) is 0 Å². The maximum Gasteiger partial charge on any atom is 0.411 e. The minimum absolute atomic E-state index is 0.00583. The van der Waals surface area contributed by atoms with E-state index in [0.29, 0.717) is 0 Å².